The van der Waals surface area contributed by atoms with Gasteiger partial charge in [0.05, 0.1) is 11.2 Å². The number of Topliss-reactive ketones (excluding diaryl/α,β-unsaturated/α-hetero) is 1. The van der Waals surface area contributed by atoms with E-state index < -0.39 is 33.3 Å². The highest BCUT2D eigenvalue weighted by molar-refractivity contribution is 7.89. The Morgan fingerprint density at radius 1 is 1.06 bits per heavy atom. The number of carbonyl (C=O) groups excluding carboxylic acids is 1. The number of nitrogens with two attached hydrogens (primary N) is 1. The number of aromatic nitrogens is 1. The predicted octanol–water partition coefficient (Wildman–Crippen LogP) is 4.86. The smallest absolute Gasteiger partial charge is 0.216 e. The van der Waals surface area contributed by atoms with E-state index in [1.807, 2.05) is 36.4 Å². The van der Waals surface area contributed by atoms with Crippen molar-refractivity contribution in [2.75, 3.05) is 5.75 Å². The van der Waals surface area contributed by atoms with Gasteiger partial charge in [-0.05, 0) is 48.6 Å². The van der Waals surface area contributed by atoms with Gasteiger partial charge in [0.1, 0.15) is 12.4 Å². The van der Waals surface area contributed by atoms with E-state index in [-0.39, 0.29) is 18.3 Å². The normalized spacial score (nSPS) is 16.2. The summed E-state index contributed by atoms with van der Waals surface area (Å²) in [7, 11) is -3.97. The van der Waals surface area contributed by atoms with Crippen LogP contribution in [0.5, 0.6) is 5.75 Å². The fourth-order valence-electron chi connectivity index (χ4n) is 4.82. The highest BCUT2D eigenvalue weighted by Gasteiger charge is 2.32. The van der Waals surface area contributed by atoms with E-state index in [0.717, 1.165) is 49.4 Å². The van der Waals surface area contributed by atoms with Crippen LogP contribution >= 0.6 is 0 Å². The number of nitrogens with zero attached hydrogens (tertiary/aromatic N) is 1. The Labute approximate surface area is 199 Å². The van der Waals surface area contributed by atoms with E-state index in [0.29, 0.717) is 11.3 Å². The molecule has 0 bridgehead atoms. The number of para-hydroxylation sites is 1. The molecule has 1 heterocycles. The number of sulfonamides is 1. The maximum atomic E-state index is 15.0. The Hall–Kier alpha value is -2.84. The second kappa shape index (κ2) is 10.6. The first-order valence-electron chi connectivity index (χ1n) is 11.6. The van der Waals surface area contributed by atoms with Crippen molar-refractivity contribution >= 4 is 26.7 Å². The summed E-state index contributed by atoms with van der Waals surface area (Å²) in [5, 5.41) is 6.16. The summed E-state index contributed by atoms with van der Waals surface area (Å²) < 4.78 is 43.9. The summed E-state index contributed by atoms with van der Waals surface area (Å²) >= 11 is 0. The third kappa shape index (κ3) is 6.18. The van der Waals surface area contributed by atoms with Crippen LogP contribution in [0.3, 0.4) is 0 Å². The summed E-state index contributed by atoms with van der Waals surface area (Å²) in [4.78, 5) is 17.5. The van der Waals surface area contributed by atoms with Crippen molar-refractivity contribution in [3.05, 3.63) is 71.7 Å². The number of fused-ring (bicyclic) bond motifs is 1. The Kier molecular flexibility index (Phi) is 7.58. The molecule has 1 aliphatic rings. The van der Waals surface area contributed by atoms with Gasteiger partial charge in [-0.15, -0.1) is 0 Å². The SMILES string of the molecule is NS(=O)(=O)CC(=O)C(c1ccc(OCc2ccc3ccccc3n2)c(F)c1)C1CCCCCC1. The number of hydrogen-bond donors (Lipinski definition) is 1. The quantitative estimate of drug-likeness (QED) is 0.460. The van der Waals surface area contributed by atoms with Crippen LogP contribution in [0, 0.1) is 11.7 Å². The summed E-state index contributed by atoms with van der Waals surface area (Å²) in [5.41, 5.74) is 1.97. The Bertz CT molecular complexity index is 1270. The number of pyridine rings is 1. The second-order valence-electron chi connectivity index (χ2n) is 8.98. The van der Waals surface area contributed by atoms with Gasteiger partial charge < -0.3 is 4.74 Å². The second-order valence-corrected chi connectivity index (χ2v) is 10.6. The number of ketones is 1. The van der Waals surface area contributed by atoms with Gasteiger partial charge in [0.25, 0.3) is 0 Å². The Morgan fingerprint density at radius 3 is 2.50 bits per heavy atom. The van der Waals surface area contributed by atoms with Crippen LogP contribution in [0.1, 0.15) is 55.7 Å². The van der Waals surface area contributed by atoms with E-state index in [4.69, 9.17) is 9.88 Å². The van der Waals surface area contributed by atoms with E-state index in [1.54, 1.807) is 6.07 Å². The molecule has 180 valence electrons. The van der Waals surface area contributed by atoms with Gasteiger partial charge in [-0.1, -0.05) is 56.0 Å². The number of rotatable bonds is 8. The van der Waals surface area contributed by atoms with Crippen LogP contribution in [-0.4, -0.2) is 24.9 Å². The number of primary sulfonamides is 1. The third-order valence-electron chi connectivity index (χ3n) is 6.41. The molecule has 0 saturated heterocycles. The van der Waals surface area contributed by atoms with Crippen molar-refractivity contribution in [1.82, 2.24) is 4.98 Å². The van der Waals surface area contributed by atoms with Crippen LogP contribution in [0.25, 0.3) is 10.9 Å². The molecule has 1 fully saturated rings. The van der Waals surface area contributed by atoms with Gasteiger partial charge >= 0.3 is 0 Å². The highest BCUT2D eigenvalue weighted by atomic mass is 32.2. The van der Waals surface area contributed by atoms with Crippen LogP contribution in [0.15, 0.2) is 54.6 Å². The molecule has 0 amide bonds. The number of ether oxygens (including phenoxy) is 1. The van der Waals surface area contributed by atoms with Crippen LogP contribution in [0.4, 0.5) is 4.39 Å². The Morgan fingerprint density at radius 2 is 1.79 bits per heavy atom. The fourth-order valence-corrected chi connectivity index (χ4v) is 5.40. The number of carbonyl (C=O) groups is 1. The third-order valence-corrected chi connectivity index (χ3v) is 7.10. The minimum Gasteiger partial charge on any atom is -0.484 e. The number of benzene rings is 2. The number of hydrogen-bond acceptors (Lipinski definition) is 5. The first kappa shape index (κ1) is 24.3. The maximum absolute atomic E-state index is 15.0. The minimum atomic E-state index is -3.97. The topological polar surface area (TPSA) is 99.4 Å². The molecule has 0 spiro atoms. The molecular formula is C26H29FN2O4S. The molecule has 34 heavy (non-hydrogen) atoms. The molecule has 2 aromatic carbocycles. The highest BCUT2D eigenvalue weighted by Crippen LogP contribution is 2.37. The Balaban J connectivity index is 1.54. The molecule has 6 nitrogen and oxygen atoms in total. The zero-order valence-corrected chi connectivity index (χ0v) is 19.8. The predicted molar refractivity (Wildman–Crippen MR) is 129 cm³/mol. The van der Waals surface area contributed by atoms with E-state index in [2.05, 4.69) is 4.98 Å². The largest absolute Gasteiger partial charge is 0.484 e. The van der Waals surface area contributed by atoms with Crippen molar-refractivity contribution in [1.29, 1.82) is 0 Å². The molecule has 2 N–H and O–H groups in total. The summed E-state index contributed by atoms with van der Waals surface area (Å²) in [6.45, 7) is 0.0947. The van der Waals surface area contributed by atoms with Gasteiger partial charge in [0.2, 0.25) is 10.0 Å². The zero-order chi connectivity index (χ0) is 24.1. The molecule has 3 aromatic rings. The number of halogens is 1. The van der Waals surface area contributed by atoms with Gasteiger partial charge in [-0.2, -0.15) is 0 Å². The van der Waals surface area contributed by atoms with Crippen LogP contribution in [0.2, 0.25) is 0 Å². The van der Waals surface area contributed by atoms with E-state index in [9.17, 15) is 13.2 Å². The molecule has 1 aromatic heterocycles. The minimum absolute atomic E-state index is 0.0373. The summed E-state index contributed by atoms with van der Waals surface area (Å²) in [5.74, 6) is -2.52. The fraction of sp³-hybridized carbons (Fsp3) is 0.385. The van der Waals surface area contributed by atoms with Crippen molar-refractivity contribution in [3.63, 3.8) is 0 Å². The van der Waals surface area contributed by atoms with Gasteiger partial charge in [-0.25, -0.2) is 22.9 Å². The molecule has 4 rings (SSSR count). The lowest BCUT2D eigenvalue weighted by atomic mass is 9.79. The lowest BCUT2D eigenvalue weighted by Gasteiger charge is -2.25. The standard InChI is InChI=1S/C26H29FN2O4S/c27-22-15-20(26(24(30)17-34(28,31)32)19-8-3-1-2-4-9-19)12-14-25(22)33-16-21-13-11-18-7-5-6-10-23(18)29-21/h5-7,10-15,19,26H,1-4,8-9,16-17H2,(H2,28,31,32). The van der Waals surface area contributed by atoms with E-state index >= 15 is 4.39 Å². The first-order valence-corrected chi connectivity index (χ1v) is 13.3. The summed E-state index contributed by atoms with van der Waals surface area (Å²) in [6, 6.07) is 15.9. The van der Waals surface area contributed by atoms with Crippen molar-refractivity contribution < 1.29 is 22.3 Å². The zero-order valence-electron chi connectivity index (χ0n) is 19.0. The average Bonchev–Trinajstić information content (AvgIpc) is 3.07. The van der Waals surface area contributed by atoms with Gasteiger partial charge in [0, 0.05) is 11.3 Å². The van der Waals surface area contributed by atoms with Crippen molar-refractivity contribution in [2.24, 2.45) is 11.1 Å². The van der Waals surface area contributed by atoms with Crippen LogP contribution in [-0.2, 0) is 21.4 Å². The summed E-state index contributed by atoms with van der Waals surface area (Å²) in [6.07, 6.45) is 5.69. The van der Waals surface area contributed by atoms with Gasteiger partial charge in [0.15, 0.2) is 17.3 Å². The van der Waals surface area contributed by atoms with E-state index in [1.165, 1.54) is 12.1 Å². The molecule has 8 heteroatoms. The maximum Gasteiger partial charge on any atom is 0.216 e. The monoisotopic (exact) mass is 484 g/mol. The molecule has 1 atom stereocenters. The van der Waals surface area contributed by atoms with Crippen molar-refractivity contribution in [3.8, 4) is 5.75 Å². The molecule has 1 aliphatic carbocycles. The molecule has 1 unspecified atom stereocenters. The van der Waals surface area contributed by atoms with Crippen molar-refractivity contribution in [2.45, 2.75) is 51.0 Å². The molecule has 0 aliphatic heterocycles. The lowest BCUT2D eigenvalue weighted by Crippen LogP contribution is -2.31. The molecule has 0 radical (unpaired) electrons. The van der Waals surface area contributed by atoms with Gasteiger partial charge in [-0.3, -0.25) is 4.79 Å². The molecule has 1 saturated carbocycles. The first-order chi connectivity index (χ1) is 16.3. The average molecular weight is 485 g/mol. The van der Waals surface area contributed by atoms with Crippen LogP contribution < -0.4 is 9.88 Å². The lowest BCUT2D eigenvalue weighted by molar-refractivity contribution is -0.119. The molecular weight excluding hydrogens is 455 g/mol.